The number of alkyl halides is 3. The third kappa shape index (κ3) is 4.28. The molecule has 2 heterocycles. The number of pyridine rings is 2. The van der Waals surface area contributed by atoms with Crippen LogP contribution in [0.4, 0.5) is 13.2 Å². The van der Waals surface area contributed by atoms with E-state index >= 15 is 0 Å². The SMILES string of the molecule is O=C(NCCS(=O)(=O)c1ccc(C(F)(F)F)cn1)c1cccc2ccncc12. The molecule has 0 saturated heterocycles. The summed E-state index contributed by atoms with van der Waals surface area (Å²) in [6.45, 7) is -0.222. The second-order valence-corrected chi connectivity index (χ2v) is 7.92. The van der Waals surface area contributed by atoms with Crippen LogP contribution in [0.5, 0.6) is 0 Å². The van der Waals surface area contributed by atoms with Gasteiger partial charge in [-0.05, 0) is 29.7 Å². The van der Waals surface area contributed by atoms with E-state index in [0.717, 1.165) is 11.5 Å². The monoisotopic (exact) mass is 409 g/mol. The smallest absolute Gasteiger partial charge is 0.351 e. The van der Waals surface area contributed by atoms with Crippen LogP contribution in [0.15, 0.2) is 60.0 Å². The third-order valence-electron chi connectivity index (χ3n) is 3.97. The molecule has 0 bridgehead atoms. The van der Waals surface area contributed by atoms with Crippen molar-refractivity contribution in [2.45, 2.75) is 11.2 Å². The fourth-order valence-corrected chi connectivity index (χ4v) is 3.61. The van der Waals surface area contributed by atoms with Gasteiger partial charge in [-0.25, -0.2) is 13.4 Å². The minimum Gasteiger partial charge on any atom is -0.351 e. The Morgan fingerprint density at radius 2 is 1.86 bits per heavy atom. The van der Waals surface area contributed by atoms with Crippen LogP contribution in [0.1, 0.15) is 15.9 Å². The molecule has 0 aliphatic rings. The Morgan fingerprint density at radius 1 is 1.07 bits per heavy atom. The first-order valence-electron chi connectivity index (χ1n) is 8.05. The van der Waals surface area contributed by atoms with E-state index in [1.807, 2.05) is 6.07 Å². The number of nitrogens with one attached hydrogen (secondary N) is 1. The summed E-state index contributed by atoms with van der Waals surface area (Å²) < 4.78 is 62.1. The number of aromatic nitrogens is 2. The third-order valence-corrected chi connectivity index (χ3v) is 5.59. The Balaban J connectivity index is 1.67. The van der Waals surface area contributed by atoms with Crippen molar-refractivity contribution in [3.63, 3.8) is 0 Å². The summed E-state index contributed by atoms with van der Waals surface area (Å²) in [7, 11) is -3.95. The summed E-state index contributed by atoms with van der Waals surface area (Å²) in [5, 5.41) is 3.45. The number of rotatable bonds is 5. The maximum Gasteiger partial charge on any atom is 0.417 e. The van der Waals surface area contributed by atoms with Crippen LogP contribution in [0, 0.1) is 0 Å². The minimum absolute atomic E-state index is 0.222. The number of halogens is 3. The van der Waals surface area contributed by atoms with Crippen LogP contribution in [0.3, 0.4) is 0 Å². The van der Waals surface area contributed by atoms with Gasteiger partial charge in [0.05, 0.1) is 11.3 Å². The average molecular weight is 409 g/mol. The van der Waals surface area contributed by atoms with E-state index < -0.39 is 38.3 Å². The highest BCUT2D eigenvalue weighted by atomic mass is 32.2. The second kappa shape index (κ2) is 7.55. The largest absolute Gasteiger partial charge is 0.417 e. The Bertz CT molecular complexity index is 1110. The van der Waals surface area contributed by atoms with Gasteiger partial charge in [0.1, 0.15) is 0 Å². The van der Waals surface area contributed by atoms with Crippen molar-refractivity contribution < 1.29 is 26.4 Å². The van der Waals surface area contributed by atoms with Crippen molar-refractivity contribution in [1.82, 2.24) is 15.3 Å². The maximum absolute atomic E-state index is 12.5. The van der Waals surface area contributed by atoms with Gasteiger partial charge in [0.2, 0.25) is 0 Å². The predicted octanol–water partition coefficient (Wildman–Crippen LogP) is 2.85. The number of hydrogen-bond donors (Lipinski definition) is 1. The van der Waals surface area contributed by atoms with E-state index in [9.17, 15) is 26.4 Å². The van der Waals surface area contributed by atoms with E-state index in [2.05, 4.69) is 15.3 Å². The standard InChI is InChI=1S/C18H14F3N3O3S/c19-18(20,21)13-4-5-16(24-10-13)28(26,27)9-8-23-17(25)14-3-1-2-12-6-7-22-11-15(12)14/h1-7,10-11H,8-9H2,(H,23,25). The van der Waals surface area contributed by atoms with E-state index in [-0.39, 0.29) is 6.54 Å². The Hall–Kier alpha value is -3.01. The van der Waals surface area contributed by atoms with E-state index in [0.29, 0.717) is 23.2 Å². The van der Waals surface area contributed by atoms with Crippen LogP contribution >= 0.6 is 0 Å². The molecule has 0 saturated carbocycles. The van der Waals surface area contributed by atoms with Gasteiger partial charge in [0.15, 0.2) is 14.9 Å². The number of sulfone groups is 1. The molecule has 0 fully saturated rings. The zero-order valence-corrected chi connectivity index (χ0v) is 15.1. The van der Waals surface area contributed by atoms with Gasteiger partial charge >= 0.3 is 6.18 Å². The van der Waals surface area contributed by atoms with Gasteiger partial charge < -0.3 is 5.32 Å². The number of carbonyl (C=O) groups excluding carboxylic acids is 1. The fraction of sp³-hybridized carbons (Fsp3) is 0.167. The molecule has 1 aromatic carbocycles. The molecule has 0 aliphatic carbocycles. The highest BCUT2D eigenvalue weighted by Gasteiger charge is 2.31. The maximum atomic E-state index is 12.5. The summed E-state index contributed by atoms with van der Waals surface area (Å²) in [6.07, 6.45) is -1.01. The number of hydrogen-bond acceptors (Lipinski definition) is 5. The molecule has 3 rings (SSSR count). The molecule has 1 N–H and O–H groups in total. The van der Waals surface area contributed by atoms with E-state index in [4.69, 9.17) is 0 Å². The normalized spacial score (nSPS) is 12.1. The lowest BCUT2D eigenvalue weighted by Gasteiger charge is -2.09. The highest BCUT2D eigenvalue weighted by Crippen LogP contribution is 2.28. The molecule has 0 aliphatic heterocycles. The second-order valence-electron chi connectivity index (χ2n) is 5.86. The summed E-state index contributed by atoms with van der Waals surface area (Å²) >= 11 is 0. The van der Waals surface area contributed by atoms with Crippen LogP contribution in [-0.2, 0) is 16.0 Å². The van der Waals surface area contributed by atoms with Crippen molar-refractivity contribution in [3.8, 4) is 0 Å². The number of benzene rings is 1. The van der Waals surface area contributed by atoms with Crippen molar-refractivity contribution in [2.75, 3.05) is 12.3 Å². The zero-order valence-electron chi connectivity index (χ0n) is 14.3. The molecule has 0 radical (unpaired) electrons. The quantitative estimate of drug-likeness (QED) is 0.700. The summed E-state index contributed by atoms with van der Waals surface area (Å²) in [4.78, 5) is 19.7. The van der Waals surface area contributed by atoms with Crippen molar-refractivity contribution in [2.24, 2.45) is 0 Å². The molecule has 6 nitrogen and oxygen atoms in total. The summed E-state index contributed by atoms with van der Waals surface area (Å²) in [5.41, 5.74) is -0.694. The summed E-state index contributed by atoms with van der Waals surface area (Å²) in [5.74, 6) is -0.977. The van der Waals surface area contributed by atoms with Crippen LogP contribution in [-0.4, -0.2) is 36.6 Å². The lowest BCUT2D eigenvalue weighted by atomic mass is 10.1. The fourth-order valence-electron chi connectivity index (χ4n) is 2.54. The van der Waals surface area contributed by atoms with Gasteiger partial charge in [-0.3, -0.25) is 9.78 Å². The van der Waals surface area contributed by atoms with Crippen molar-refractivity contribution in [1.29, 1.82) is 0 Å². The molecule has 3 aromatic rings. The number of fused-ring (bicyclic) bond motifs is 1. The molecule has 28 heavy (non-hydrogen) atoms. The van der Waals surface area contributed by atoms with Gasteiger partial charge in [0, 0.05) is 36.1 Å². The van der Waals surface area contributed by atoms with E-state index in [1.54, 1.807) is 24.4 Å². The van der Waals surface area contributed by atoms with Gasteiger partial charge in [-0.2, -0.15) is 13.2 Å². The highest BCUT2D eigenvalue weighted by molar-refractivity contribution is 7.91. The molecular weight excluding hydrogens is 395 g/mol. The molecular formula is C18H14F3N3O3S. The zero-order chi connectivity index (χ0) is 20.4. The Kier molecular flexibility index (Phi) is 5.32. The first-order valence-corrected chi connectivity index (χ1v) is 9.71. The lowest BCUT2D eigenvalue weighted by molar-refractivity contribution is -0.137. The number of amides is 1. The Labute approximate surface area is 158 Å². The average Bonchev–Trinajstić information content (AvgIpc) is 2.66. The molecule has 0 unspecified atom stereocenters. The topological polar surface area (TPSA) is 89.0 Å². The van der Waals surface area contributed by atoms with Crippen LogP contribution < -0.4 is 5.32 Å². The summed E-state index contributed by atoms with van der Waals surface area (Å²) in [6, 6.07) is 8.30. The van der Waals surface area contributed by atoms with Crippen LogP contribution in [0.2, 0.25) is 0 Å². The van der Waals surface area contributed by atoms with Crippen molar-refractivity contribution in [3.05, 3.63) is 66.1 Å². The predicted molar refractivity (Wildman–Crippen MR) is 95.4 cm³/mol. The molecule has 10 heteroatoms. The molecule has 2 aromatic heterocycles. The van der Waals surface area contributed by atoms with Gasteiger partial charge in [-0.15, -0.1) is 0 Å². The van der Waals surface area contributed by atoms with Gasteiger partial charge in [-0.1, -0.05) is 12.1 Å². The molecule has 0 atom stereocenters. The number of carbonyl (C=O) groups is 1. The first kappa shape index (κ1) is 19.7. The molecule has 1 amide bonds. The van der Waals surface area contributed by atoms with E-state index in [1.165, 1.54) is 6.20 Å². The molecule has 0 spiro atoms. The van der Waals surface area contributed by atoms with Crippen LogP contribution in [0.25, 0.3) is 10.8 Å². The van der Waals surface area contributed by atoms with Crippen molar-refractivity contribution >= 4 is 26.5 Å². The molecule has 146 valence electrons. The van der Waals surface area contributed by atoms with Gasteiger partial charge in [0.25, 0.3) is 5.91 Å². The first-order chi connectivity index (χ1) is 13.2. The number of nitrogens with zero attached hydrogens (tertiary/aromatic N) is 2. The minimum atomic E-state index is -4.60. The lowest BCUT2D eigenvalue weighted by Crippen LogP contribution is -2.29. The Morgan fingerprint density at radius 3 is 2.54 bits per heavy atom.